The van der Waals surface area contributed by atoms with E-state index in [1.165, 1.54) is 22.2 Å². The minimum Gasteiger partial charge on any atom is -0.346 e. The molecule has 2 heterocycles. The van der Waals surface area contributed by atoms with E-state index in [-0.39, 0.29) is 0 Å². The van der Waals surface area contributed by atoms with Crippen LogP contribution in [0, 0.1) is 5.92 Å². The van der Waals surface area contributed by atoms with Gasteiger partial charge in [-0.05, 0) is 18.9 Å². The lowest BCUT2D eigenvalue weighted by Crippen LogP contribution is -2.47. The van der Waals surface area contributed by atoms with Gasteiger partial charge in [0.2, 0.25) is 0 Å². The van der Waals surface area contributed by atoms with E-state index in [4.69, 9.17) is 4.98 Å². The first-order valence-electron chi connectivity index (χ1n) is 8.12. The van der Waals surface area contributed by atoms with Crippen LogP contribution in [0.2, 0.25) is 0 Å². The molecule has 1 N–H and O–H groups in total. The van der Waals surface area contributed by atoms with Crippen LogP contribution in [0.25, 0.3) is 0 Å². The van der Waals surface area contributed by atoms with E-state index in [1.807, 2.05) is 18.4 Å². The topological polar surface area (TPSA) is 31.4 Å². The second-order valence-corrected chi connectivity index (χ2v) is 7.73. The van der Waals surface area contributed by atoms with Crippen LogP contribution >= 0.6 is 11.3 Å². The predicted octanol–water partition coefficient (Wildman–Crippen LogP) is 2.76. The molecule has 0 aromatic carbocycles. The Balaban J connectivity index is 2.01. The van der Waals surface area contributed by atoms with Gasteiger partial charge in [0.25, 0.3) is 0 Å². The van der Waals surface area contributed by atoms with E-state index < -0.39 is 0 Å². The zero-order valence-electron chi connectivity index (χ0n) is 14.1. The maximum absolute atomic E-state index is 4.92. The molecule has 0 bridgehead atoms. The van der Waals surface area contributed by atoms with Crippen molar-refractivity contribution >= 4 is 16.5 Å². The van der Waals surface area contributed by atoms with Gasteiger partial charge in [0.15, 0.2) is 5.13 Å². The first-order chi connectivity index (χ1) is 10.0. The van der Waals surface area contributed by atoms with Crippen molar-refractivity contribution < 1.29 is 0 Å². The van der Waals surface area contributed by atoms with Crippen LogP contribution in [0.15, 0.2) is 0 Å². The second-order valence-electron chi connectivity index (χ2n) is 6.67. The molecule has 4 nitrogen and oxygen atoms in total. The molecular formula is C16H30N4S. The summed E-state index contributed by atoms with van der Waals surface area (Å²) in [5, 5.41) is 4.48. The molecule has 0 unspecified atom stereocenters. The Labute approximate surface area is 133 Å². The Hall–Kier alpha value is -0.650. The largest absolute Gasteiger partial charge is 0.346 e. The van der Waals surface area contributed by atoms with Crippen LogP contribution in [0.1, 0.15) is 44.2 Å². The number of rotatable bonds is 6. The number of nitrogens with zero attached hydrogens (tertiary/aromatic N) is 3. The fourth-order valence-corrected chi connectivity index (χ4v) is 4.14. The Morgan fingerprint density at radius 3 is 2.33 bits per heavy atom. The fourth-order valence-electron chi connectivity index (χ4n) is 2.86. The molecule has 0 aliphatic carbocycles. The summed E-state index contributed by atoms with van der Waals surface area (Å²) >= 11 is 1.87. The number of anilines is 1. The van der Waals surface area contributed by atoms with Gasteiger partial charge in [0, 0.05) is 44.1 Å². The molecule has 120 valence electrons. The molecule has 5 heteroatoms. The van der Waals surface area contributed by atoms with Gasteiger partial charge in [0.05, 0.1) is 5.69 Å². The quantitative estimate of drug-likeness (QED) is 0.875. The van der Waals surface area contributed by atoms with Gasteiger partial charge in [-0.15, -0.1) is 11.3 Å². The summed E-state index contributed by atoms with van der Waals surface area (Å²) in [6, 6.07) is 0. The molecule has 0 amide bonds. The monoisotopic (exact) mass is 310 g/mol. The SMILES string of the molecule is CNCc1sc(N2CCN(CC(C)C)CC2)nc1C(C)C. The molecule has 1 saturated heterocycles. The van der Waals surface area contributed by atoms with Crippen molar-refractivity contribution in [1.82, 2.24) is 15.2 Å². The summed E-state index contributed by atoms with van der Waals surface area (Å²) in [5.41, 5.74) is 1.27. The highest BCUT2D eigenvalue weighted by atomic mass is 32.1. The van der Waals surface area contributed by atoms with Gasteiger partial charge >= 0.3 is 0 Å². The Morgan fingerprint density at radius 1 is 1.14 bits per heavy atom. The van der Waals surface area contributed by atoms with E-state index >= 15 is 0 Å². The normalized spacial score (nSPS) is 17.2. The molecule has 1 aliphatic rings. The molecule has 21 heavy (non-hydrogen) atoms. The zero-order valence-corrected chi connectivity index (χ0v) is 15.0. The third-order valence-corrected chi connectivity index (χ3v) is 5.00. The molecule has 0 spiro atoms. The van der Waals surface area contributed by atoms with Crippen LogP contribution in [-0.2, 0) is 6.54 Å². The van der Waals surface area contributed by atoms with E-state index in [9.17, 15) is 0 Å². The van der Waals surface area contributed by atoms with Crippen molar-refractivity contribution in [3.8, 4) is 0 Å². The number of aromatic nitrogens is 1. The first kappa shape index (κ1) is 16.7. The summed E-state index contributed by atoms with van der Waals surface area (Å²) in [6.45, 7) is 15.8. The van der Waals surface area contributed by atoms with E-state index in [2.05, 4.69) is 42.8 Å². The van der Waals surface area contributed by atoms with Crippen molar-refractivity contribution in [3.05, 3.63) is 10.6 Å². The highest BCUT2D eigenvalue weighted by molar-refractivity contribution is 7.15. The van der Waals surface area contributed by atoms with E-state index in [1.54, 1.807) is 0 Å². The minimum absolute atomic E-state index is 0.501. The molecule has 0 atom stereocenters. The molecule has 1 aromatic heterocycles. The molecule has 1 fully saturated rings. The summed E-state index contributed by atoms with van der Waals surface area (Å²) in [7, 11) is 2.01. The molecule has 0 radical (unpaired) electrons. The van der Waals surface area contributed by atoms with Gasteiger partial charge in [-0.25, -0.2) is 4.98 Å². The van der Waals surface area contributed by atoms with Gasteiger partial charge in [0.1, 0.15) is 0 Å². The summed E-state index contributed by atoms with van der Waals surface area (Å²) < 4.78 is 0. The van der Waals surface area contributed by atoms with Crippen LogP contribution in [0.4, 0.5) is 5.13 Å². The zero-order chi connectivity index (χ0) is 15.4. The summed E-state index contributed by atoms with van der Waals surface area (Å²) in [6.07, 6.45) is 0. The molecule has 1 aliphatic heterocycles. The van der Waals surface area contributed by atoms with Gasteiger partial charge < -0.3 is 10.2 Å². The summed E-state index contributed by atoms with van der Waals surface area (Å²) in [4.78, 5) is 11.4. The molecule has 0 saturated carbocycles. The smallest absolute Gasteiger partial charge is 0.185 e. The lowest BCUT2D eigenvalue weighted by atomic mass is 10.1. The van der Waals surface area contributed by atoms with Crippen LogP contribution in [0.5, 0.6) is 0 Å². The van der Waals surface area contributed by atoms with Crippen molar-refractivity contribution in [2.24, 2.45) is 5.92 Å². The summed E-state index contributed by atoms with van der Waals surface area (Å²) in [5.74, 6) is 1.26. The van der Waals surface area contributed by atoms with Gasteiger partial charge in [-0.2, -0.15) is 0 Å². The maximum atomic E-state index is 4.92. The average Bonchev–Trinajstić information content (AvgIpc) is 2.83. The number of nitrogens with one attached hydrogen (secondary N) is 1. The van der Waals surface area contributed by atoms with E-state index in [0.717, 1.165) is 38.6 Å². The average molecular weight is 311 g/mol. The Kier molecular flexibility index (Phi) is 6.02. The highest BCUT2D eigenvalue weighted by Gasteiger charge is 2.22. The third kappa shape index (κ3) is 4.41. The van der Waals surface area contributed by atoms with Crippen LogP contribution in [-0.4, -0.2) is 49.7 Å². The minimum atomic E-state index is 0.501. The Morgan fingerprint density at radius 2 is 1.81 bits per heavy atom. The lowest BCUT2D eigenvalue weighted by Gasteiger charge is -2.35. The standard InChI is InChI=1S/C16H30N4S/c1-12(2)11-19-6-8-20(9-7-19)16-18-15(13(3)4)14(21-16)10-17-5/h12-13,17H,6-11H2,1-5H3. The number of piperazine rings is 1. The van der Waals surface area contributed by atoms with Crippen LogP contribution < -0.4 is 10.2 Å². The molecule has 1 aromatic rings. The fraction of sp³-hybridized carbons (Fsp3) is 0.812. The number of hydrogen-bond acceptors (Lipinski definition) is 5. The van der Waals surface area contributed by atoms with Crippen molar-refractivity contribution in [2.45, 2.75) is 40.2 Å². The first-order valence-corrected chi connectivity index (χ1v) is 8.94. The third-order valence-electron chi connectivity index (χ3n) is 3.87. The molecule has 2 rings (SSSR count). The molecular weight excluding hydrogens is 280 g/mol. The predicted molar refractivity (Wildman–Crippen MR) is 92.5 cm³/mol. The van der Waals surface area contributed by atoms with Crippen LogP contribution in [0.3, 0.4) is 0 Å². The second kappa shape index (κ2) is 7.56. The highest BCUT2D eigenvalue weighted by Crippen LogP contribution is 2.31. The van der Waals surface area contributed by atoms with E-state index in [0.29, 0.717) is 5.92 Å². The maximum Gasteiger partial charge on any atom is 0.185 e. The van der Waals surface area contributed by atoms with Gasteiger partial charge in [-0.3, -0.25) is 4.90 Å². The lowest BCUT2D eigenvalue weighted by molar-refractivity contribution is 0.231. The number of hydrogen-bond donors (Lipinski definition) is 1. The number of thiazole rings is 1. The van der Waals surface area contributed by atoms with Crippen molar-refractivity contribution in [2.75, 3.05) is 44.7 Å². The van der Waals surface area contributed by atoms with Crippen molar-refractivity contribution in [3.63, 3.8) is 0 Å². The Bertz CT molecular complexity index is 433. The van der Waals surface area contributed by atoms with Gasteiger partial charge in [-0.1, -0.05) is 27.7 Å². The van der Waals surface area contributed by atoms with Crippen molar-refractivity contribution in [1.29, 1.82) is 0 Å².